The number of hydrogen-bond acceptors (Lipinski definition) is 4. The molecule has 5 nitrogen and oxygen atoms in total. The van der Waals surface area contributed by atoms with Crippen molar-refractivity contribution >= 4 is 32.7 Å². The van der Waals surface area contributed by atoms with Gasteiger partial charge in [0.25, 0.3) is 0 Å². The molecule has 162 valence electrons. The van der Waals surface area contributed by atoms with E-state index in [2.05, 4.69) is 73.3 Å². The molecule has 0 radical (unpaired) electrons. The third-order valence-electron chi connectivity index (χ3n) is 6.48. The molecule has 2 amide bonds. The molecule has 0 spiro atoms. The van der Waals surface area contributed by atoms with Gasteiger partial charge in [0.05, 0.1) is 10.2 Å². The minimum Gasteiger partial charge on any atom is -0.338 e. The standard InChI is InChI=1S/C24H34N4OS/c1-7-25-22(29)27-23-26-20-11-9-17(14-21(20)30-23)8-10-18-15-24(4,28(5)6)13-12-19(18)16(2)3/h9,11,14,16,18-19H,7,12-13,15H2,1-6H3,(H2,25,26,27,29). The van der Waals surface area contributed by atoms with Gasteiger partial charge in [0, 0.05) is 23.6 Å². The summed E-state index contributed by atoms with van der Waals surface area (Å²) >= 11 is 1.48. The molecule has 1 aliphatic carbocycles. The number of thiazole rings is 1. The Morgan fingerprint density at radius 3 is 2.83 bits per heavy atom. The maximum atomic E-state index is 11.7. The molecule has 1 aromatic carbocycles. The van der Waals surface area contributed by atoms with Gasteiger partial charge >= 0.3 is 6.03 Å². The van der Waals surface area contributed by atoms with Crippen molar-refractivity contribution in [1.29, 1.82) is 0 Å². The summed E-state index contributed by atoms with van der Waals surface area (Å²) in [6.07, 6.45) is 3.57. The lowest BCUT2D eigenvalue weighted by molar-refractivity contribution is 0.0603. The number of aromatic nitrogens is 1. The summed E-state index contributed by atoms with van der Waals surface area (Å²) in [4.78, 5) is 18.6. The molecule has 2 aromatic rings. The molecule has 3 rings (SSSR count). The Morgan fingerprint density at radius 1 is 1.40 bits per heavy atom. The number of amides is 2. The van der Waals surface area contributed by atoms with E-state index >= 15 is 0 Å². The van der Waals surface area contributed by atoms with Crippen molar-refractivity contribution in [3.8, 4) is 11.8 Å². The molecule has 0 bridgehead atoms. The van der Waals surface area contributed by atoms with E-state index in [-0.39, 0.29) is 11.6 Å². The number of fused-ring (bicyclic) bond motifs is 1. The van der Waals surface area contributed by atoms with Crippen molar-refractivity contribution < 1.29 is 4.79 Å². The Morgan fingerprint density at radius 2 is 2.17 bits per heavy atom. The zero-order chi connectivity index (χ0) is 21.9. The third-order valence-corrected chi connectivity index (χ3v) is 7.41. The van der Waals surface area contributed by atoms with E-state index < -0.39 is 0 Å². The second-order valence-corrected chi connectivity index (χ2v) is 10.1. The summed E-state index contributed by atoms with van der Waals surface area (Å²) < 4.78 is 1.04. The fourth-order valence-electron chi connectivity index (χ4n) is 4.30. The van der Waals surface area contributed by atoms with Gasteiger partial charge in [0.15, 0.2) is 5.13 Å². The number of carbonyl (C=O) groups excluding carboxylic acids is 1. The van der Waals surface area contributed by atoms with Gasteiger partial charge in [-0.05, 0) is 77.2 Å². The van der Waals surface area contributed by atoms with Gasteiger partial charge in [-0.2, -0.15) is 0 Å². The summed E-state index contributed by atoms with van der Waals surface area (Å²) in [6, 6.07) is 5.88. The summed E-state index contributed by atoms with van der Waals surface area (Å²) in [6.45, 7) is 9.49. The molecular formula is C24H34N4OS. The number of carbonyl (C=O) groups is 1. The SMILES string of the molecule is CCNC(=O)Nc1nc2ccc(C#CC3CC(C)(N(C)C)CCC3C(C)C)cc2s1. The molecule has 0 aliphatic heterocycles. The van der Waals surface area contributed by atoms with Crippen LogP contribution in [0.5, 0.6) is 0 Å². The second-order valence-electron chi connectivity index (χ2n) is 9.10. The van der Waals surface area contributed by atoms with E-state index in [0.717, 1.165) is 22.2 Å². The number of nitrogens with one attached hydrogen (secondary N) is 2. The van der Waals surface area contributed by atoms with Gasteiger partial charge in [0.1, 0.15) is 0 Å². The molecule has 1 fully saturated rings. The van der Waals surface area contributed by atoms with Crippen molar-refractivity contribution in [3.05, 3.63) is 23.8 Å². The van der Waals surface area contributed by atoms with E-state index in [4.69, 9.17) is 0 Å². The second kappa shape index (κ2) is 9.36. The smallest absolute Gasteiger partial charge is 0.321 e. The van der Waals surface area contributed by atoms with Crippen molar-refractivity contribution in [1.82, 2.24) is 15.2 Å². The van der Waals surface area contributed by atoms with Crippen LogP contribution in [0.1, 0.15) is 52.5 Å². The van der Waals surface area contributed by atoms with Crippen LogP contribution in [0, 0.1) is 29.6 Å². The van der Waals surface area contributed by atoms with Gasteiger partial charge in [-0.25, -0.2) is 9.78 Å². The molecule has 30 heavy (non-hydrogen) atoms. The summed E-state index contributed by atoms with van der Waals surface area (Å²) in [5, 5.41) is 6.12. The first-order valence-corrected chi connectivity index (χ1v) is 11.7. The average Bonchev–Trinajstić information content (AvgIpc) is 3.07. The Labute approximate surface area is 184 Å². The van der Waals surface area contributed by atoms with Crippen LogP contribution in [0.3, 0.4) is 0 Å². The number of urea groups is 1. The van der Waals surface area contributed by atoms with Crippen molar-refractivity contribution in [2.24, 2.45) is 17.8 Å². The normalized spacial score (nSPS) is 24.0. The molecule has 1 aromatic heterocycles. The van der Waals surface area contributed by atoms with E-state index in [9.17, 15) is 4.79 Å². The minimum atomic E-state index is -0.225. The quantitative estimate of drug-likeness (QED) is 0.662. The van der Waals surface area contributed by atoms with Crippen LogP contribution < -0.4 is 10.6 Å². The van der Waals surface area contributed by atoms with Gasteiger partial charge in [-0.3, -0.25) is 5.32 Å². The highest BCUT2D eigenvalue weighted by Gasteiger charge is 2.39. The molecular weight excluding hydrogens is 392 g/mol. The van der Waals surface area contributed by atoms with Crippen LogP contribution in [0.4, 0.5) is 9.93 Å². The van der Waals surface area contributed by atoms with E-state index in [1.165, 1.54) is 24.2 Å². The first kappa shape index (κ1) is 22.6. The van der Waals surface area contributed by atoms with Crippen LogP contribution in [0.2, 0.25) is 0 Å². The predicted molar refractivity (Wildman–Crippen MR) is 127 cm³/mol. The number of rotatable bonds is 4. The molecule has 1 saturated carbocycles. The van der Waals surface area contributed by atoms with Crippen LogP contribution in [-0.4, -0.2) is 42.1 Å². The van der Waals surface area contributed by atoms with E-state index in [1.807, 2.05) is 19.1 Å². The molecule has 0 saturated heterocycles. The fraction of sp³-hybridized carbons (Fsp3) is 0.583. The number of benzene rings is 1. The molecule has 2 N–H and O–H groups in total. The van der Waals surface area contributed by atoms with Crippen molar-refractivity contribution in [2.75, 3.05) is 26.0 Å². The van der Waals surface area contributed by atoms with E-state index in [1.54, 1.807) is 0 Å². The fourth-order valence-corrected chi connectivity index (χ4v) is 5.20. The monoisotopic (exact) mass is 426 g/mol. The topological polar surface area (TPSA) is 57.3 Å². The number of anilines is 1. The van der Waals surface area contributed by atoms with Crippen LogP contribution in [0.15, 0.2) is 18.2 Å². The molecule has 1 heterocycles. The van der Waals surface area contributed by atoms with Gasteiger partial charge in [0.2, 0.25) is 0 Å². The molecule has 6 heteroatoms. The minimum absolute atomic E-state index is 0.214. The summed E-state index contributed by atoms with van der Waals surface area (Å²) in [5.41, 5.74) is 2.11. The number of nitrogens with zero attached hydrogens (tertiary/aromatic N) is 2. The van der Waals surface area contributed by atoms with Crippen molar-refractivity contribution in [2.45, 2.75) is 52.5 Å². The Kier molecular flexibility index (Phi) is 7.05. The van der Waals surface area contributed by atoms with Crippen LogP contribution in [0.25, 0.3) is 10.2 Å². The van der Waals surface area contributed by atoms with Gasteiger partial charge in [-0.1, -0.05) is 37.0 Å². The maximum Gasteiger partial charge on any atom is 0.321 e. The highest BCUT2D eigenvalue weighted by Crippen LogP contribution is 2.42. The first-order chi connectivity index (χ1) is 14.2. The highest BCUT2D eigenvalue weighted by molar-refractivity contribution is 7.22. The Balaban J connectivity index is 1.81. The molecule has 3 unspecified atom stereocenters. The predicted octanol–water partition coefficient (Wildman–Crippen LogP) is 5.18. The zero-order valence-corrected chi connectivity index (χ0v) is 19.8. The van der Waals surface area contributed by atoms with Crippen LogP contribution >= 0.6 is 11.3 Å². The van der Waals surface area contributed by atoms with Crippen LogP contribution in [-0.2, 0) is 0 Å². The highest BCUT2D eigenvalue weighted by atomic mass is 32.1. The van der Waals surface area contributed by atoms with Crippen molar-refractivity contribution in [3.63, 3.8) is 0 Å². The first-order valence-electron chi connectivity index (χ1n) is 10.9. The lowest BCUT2D eigenvalue weighted by Crippen LogP contribution is -2.47. The molecule has 3 atom stereocenters. The zero-order valence-electron chi connectivity index (χ0n) is 19.0. The lowest BCUT2D eigenvalue weighted by Gasteiger charge is -2.46. The third kappa shape index (κ3) is 5.14. The van der Waals surface area contributed by atoms with E-state index in [0.29, 0.717) is 29.4 Å². The maximum absolute atomic E-state index is 11.7. The summed E-state index contributed by atoms with van der Waals surface area (Å²) in [5.74, 6) is 8.76. The van der Waals surface area contributed by atoms with Gasteiger partial charge < -0.3 is 10.2 Å². The van der Waals surface area contributed by atoms with Gasteiger partial charge in [-0.15, -0.1) is 0 Å². The lowest BCUT2D eigenvalue weighted by atomic mass is 9.67. The molecule has 1 aliphatic rings. The Hall–Kier alpha value is -2.10. The largest absolute Gasteiger partial charge is 0.338 e. The Bertz CT molecular complexity index is 955. The number of hydrogen-bond donors (Lipinski definition) is 2. The average molecular weight is 427 g/mol. The summed E-state index contributed by atoms with van der Waals surface area (Å²) in [7, 11) is 4.37.